The number of halogens is 1. The summed E-state index contributed by atoms with van der Waals surface area (Å²) in [5.74, 6) is -1.04. The van der Waals surface area contributed by atoms with Crippen LogP contribution in [-0.4, -0.2) is 43.5 Å². The monoisotopic (exact) mass is 412 g/mol. The smallest absolute Gasteiger partial charge is 0.338 e. The standard InChI is InChI=1S/C24H29FN2O3/c1-26(2)22-10-6-7-19(15-22)24(29)30-17-23(28)27(21-8-4-3-5-9-21)16-18-11-13-20(25)14-12-18/h6-7,10-15,21H,3-5,8-9,16-17H2,1-2H3. The quantitative estimate of drug-likeness (QED) is 0.632. The van der Waals surface area contributed by atoms with E-state index in [9.17, 15) is 14.0 Å². The highest BCUT2D eigenvalue weighted by atomic mass is 19.1. The number of amides is 1. The average molecular weight is 413 g/mol. The lowest BCUT2D eigenvalue weighted by molar-refractivity contribution is -0.138. The molecule has 2 aromatic rings. The summed E-state index contributed by atoms with van der Waals surface area (Å²) in [7, 11) is 3.79. The first-order valence-corrected chi connectivity index (χ1v) is 10.4. The van der Waals surface area contributed by atoms with Crippen LogP contribution in [0.25, 0.3) is 0 Å². The Balaban J connectivity index is 1.67. The van der Waals surface area contributed by atoms with Gasteiger partial charge in [0, 0.05) is 32.4 Å². The molecule has 6 heteroatoms. The zero-order valence-electron chi connectivity index (χ0n) is 17.6. The summed E-state index contributed by atoms with van der Waals surface area (Å²) in [6.45, 7) is 0.0835. The molecular weight excluding hydrogens is 383 g/mol. The molecule has 1 amide bonds. The van der Waals surface area contributed by atoms with E-state index in [1.807, 2.05) is 25.1 Å². The van der Waals surface area contributed by atoms with Gasteiger partial charge in [-0.1, -0.05) is 37.5 Å². The molecule has 0 aromatic heterocycles. The number of nitrogens with zero attached hydrogens (tertiary/aromatic N) is 2. The Kier molecular flexibility index (Phi) is 7.44. The lowest BCUT2D eigenvalue weighted by atomic mass is 9.93. The highest BCUT2D eigenvalue weighted by Gasteiger charge is 2.26. The van der Waals surface area contributed by atoms with E-state index in [4.69, 9.17) is 4.74 Å². The van der Waals surface area contributed by atoms with Crippen LogP contribution in [-0.2, 0) is 16.1 Å². The summed E-state index contributed by atoms with van der Waals surface area (Å²) in [5.41, 5.74) is 2.16. The minimum Gasteiger partial charge on any atom is -0.452 e. The number of esters is 1. The Hall–Kier alpha value is -2.89. The highest BCUT2D eigenvalue weighted by Crippen LogP contribution is 2.24. The molecule has 1 aliphatic carbocycles. The Bertz CT molecular complexity index is 861. The van der Waals surface area contributed by atoms with Crippen molar-refractivity contribution in [3.8, 4) is 0 Å². The molecular formula is C24H29FN2O3. The normalized spacial score (nSPS) is 14.2. The van der Waals surface area contributed by atoms with Gasteiger partial charge in [0.25, 0.3) is 5.91 Å². The molecule has 0 bridgehead atoms. The summed E-state index contributed by atoms with van der Waals surface area (Å²) < 4.78 is 18.6. The van der Waals surface area contributed by atoms with Crippen molar-refractivity contribution in [2.45, 2.75) is 44.7 Å². The molecule has 0 unspecified atom stereocenters. The molecule has 1 aliphatic rings. The zero-order chi connectivity index (χ0) is 21.5. The molecule has 1 saturated carbocycles. The van der Waals surface area contributed by atoms with Crippen molar-refractivity contribution < 1.29 is 18.7 Å². The molecule has 160 valence electrons. The fourth-order valence-corrected chi connectivity index (χ4v) is 3.80. The Morgan fingerprint density at radius 2 is 1.73 bits per heavy atom. The van der Waals surface area contributed by atoms with Gasteiger partial charge >= 0.3 is 5.97 Å². The predicted molar refractivity (Wildman–Crippen MR) is 115 cm³/mol. The van der Waals surface area contributed by atoms with Crippen LogP contribution in [0.2, 0.25) is 0 Å². The SMILES string of the molecule is CN(C)c1cccc(C(=O)OCC(=O)N(Cc2ccc(F)cc2)C2CCCCC2)c1. The maximum Gasteiger partial charge on any atom is 0.338 e. The van der Waals surface area contributed by atoms with Gasteiger partial charge in [-0.2, -0.15) is 0 Å². The summed E-state index contributed by atoms with van der Waals surface area (Å²) in [5, 5.41) is 0. The van der Waals surface area contributed by atoms with Crippen LogP contribution < -0.4 is 4.90 Å². The second-order valence-electron chi connectivity index (χ2n) is 7.96. The van der Waals surface area contributed by atoms with E-state index in [0.717, 1.165) is 36.9 Å². The van der Waals surface area contributed by atoms with Crippen LogP contribution in [0.1, 0.15) is 48.0 Å². The van der Waals surface area contributed by atoms with Crippen molar-refractivity contribution in [3.63, 3.8) is 0 Å². The Morgan fingerprint density at radius 1 is 1.03 bits per heavy atom. The van der Waals surface area contributed by atoms with Gasteiger partial charge in [-0.25, -0.2) is 9.18 Å². The molecule has 0 saturated heterocycles. The third kappa shape index (κ3) is 5.81. The fourth-order valence-electron chi connectivity index (χ4n) is 3.80. The van der Waals surface area contributed by atoms with Gasteiger partial charge in [0.2, 0.25) is 0 Å². The molecule has 30 heavy (non-hydrogen) atoms. The van der Waals surface area contributed by atoms with E-state index in [2.05, 4.69) is 0 Å². The number of carbonyl (C=O) groups excluding carboxylic acids is 2. The minimum atomic E-state index is -0.516. The van der Waals surface area contributed by atoms with Crippen molar-refractivity contribution in [2.24, 2.45) is 0 Å². The third-order valence-corrected chi connectivity index (χ3v) is 5.53. The lowest BCUT2D eigenvalue weighted by Gasteiger charge is -2.34. The van der Waals surface area contributed by atoms with Gasteiger partial charge in [-0.05, 0) is 48.7 Å². The van der Waals surface area contributed by atoms with Gasteiger partial charge in [0.15, 0.2) is 6.61 Å². The number of hydrogen-bond acceptors (Lipinski definition) is 4. The zero-order valence-corrected chi connectivity index (χ0v) is 17.6. The van der Waals surface area contributed by atoms with Crippen molar-refractivity contribution in [2.75, 3.05) is 25.6 Å². The second-order valence-corrected chi connectivity index (χ2v) is 7.96. The van der Waals surface area contributed by atoms with Crippen LogP contribution in [0.5, 0.6) is 0 Å². The first-order chi connectivity index (χ1) is 14.4. The van der Waals surface area contributed by atoms with Crippen LogP contribution in [0.15, 0.2) is 48.5 Å². The molecule has 0 radical (unpaired) electrons. The number of hydrogen-bond donors (Lipinski definition) is 0. The fraction of sp³-hybridized carbons (Fsp3) is 0.417. The number of benzene rings is 2. The molecule has 0 aliphatic heterocycles. The van der Waals surface area contributed by atoms with E-state index in [1.54, 1.807) is 35.2 Å². The Morgan fingerprint density at radius 3 is 2.40 bits per heavy atom. The van der Waals surface area contributed by atoms with E-state index < -0.39 is 5.97 Å². The van der Waals surface area contributed by atoms with E-state index in [0.29, 0.717) is 12.1 Å². The summed E-state index contributed by atoms with van der Waals surface area (Å²) in [4.78, 5) is 29.1. The van der Waals surface area contributed by atoms with Gasteiger partial charge in [0.05, 0.1) is 5.56 Å². The summed E-state index contributed by atoms with van der Waals surface area (Å²) in [6.07, 6.45) is 5.20. The van der Waals surface area contributed by atoms with E-state index in [1.165, 1.54) is 18.6 Å². The molecule has 5 nitrogen and oxygen atoms in total. The molecule has 0 N–H and O–H groups in total. The lowest BCUT2D eigenvalue weighted by Crippen LogP contribution is -2.43. The van der Waals surface area contributed by atoms with Crippen molar-refractivity contribution >= 4 is 17.6 Å². The summed E-state index contributed by atoms with van der Waals surface area (Å²) in [6, 6.07) is 13.4. The first-order valence-electron chi connectivity index (χ1n) is 10.4. The van der Waals surface area contributed by atoms with Crippen molar-refractivity contribution in [1.29, 1.82) is 0 Å². The maximum atomic E-state index is 13.2. The van der Waals surface area contributed by atoms with E-state index >= 15 is 0 Å². The van der Waals surface area contributed by atoms with Crippen molar-refractivity contribution in [1.82, 2.24) is 4.90 Å². The molecule has 2 aromatic carbocycles. The summed E-state index contributed by atoms with van der Waals surface area (Å²) >= 11 is 0. The topological polar surface area (TPSA) is 49.9 Å². The average Bonchev–Trinajstić information content (AvgIpc) is 2.77. The van der Waals surface area contributed by atoms with Crippen LogP contribution in [0, 0.1) is 5.82 Å². The van der Waals surface area contributed by atoms with E-state index in [-0.39, 0.29) is 24.4 Å². The van der Waals surface area contributed by atoms with Gasteiger partial charge in [-0.15, -0.1) is 0 Å². The largest absolute Gasteiger partial charge is 0.452 e. The second kappa shape index (κ2) is 10.2. The van der Waals surface area contributed by atoms with Crippen molar-refractivity contribution in [3.05, 3.63) is 65.5 Å². The number of carbonyl (C=O) groups is 2. The van der Waals surface area contributed by atoms with Gasteiger partial charge in [0.1, 0.15) is 5.82 Å². The highest BCUT2D eigenvalue weighted by molar-refractivity contribution is 5.92. The molecule has 3 rings (SSSR count). The minimum absolute atomic E-state index is 0.118. The number of ether oxygens (including phenoxy) is 1. The first kappa shape index (κ1) is 21.8. The number of rotatable bonds is 7. The predicted octanol–water partition coefficient (Wildman–Crippen LogP) is 4.41. The van der Waals surface area contributed by atoms with Crippen LogP contribution in [0.4, 0.5) is 10.1 Å². The van der Waals surface area contributed by atoms with Gasteiger partial charge < -0.3 is 14.5 Å². The molecule has 0 spiro atoms. The van der Waals surface area contributed by atoms with Gasteiger partial charge in [-0.3, -0.25) is 4.79 Å². The van der Waals surface area contributed by atoms with Crippen LogP contribution >= 0.6 is 0 Å². The number of anilines is 1. The van der Waals surface area contributed by atoms with Crippen LogP contribution in [0.3, 0.4) is 0 Å². The molecule has 1 fully saturated rings. The Labute approximate surface area is 177 Å². The third-order valence-electron chi connectivity index (χ3n) is 5.53. The molecule has 0 atom stereocenters. The maximum absolute atomic E-state index is 13.2. The molecule has 0 heterocycles.